The van der Waals surface area contributed by atoms with Gasteiger partial charge in [-0.15, -0.1) is 11.3 Å². The zero-order valence-electron chi connectivity index (χ0n) is 13.9. The van der Waals surface area contributed by atoms with Crippen LogP contribution in [0.2, 0.25) is 0 Å². The van der Waals surface area contributed by atoms with Gasteiger partial charge in [-0.3, -0.25) is 14.4 Å². The zero-order valence-corrected chi connectivity index (χ0v) is 14.7. The lowest BCUT2D eigenvalue weighted by Gasteiger charge is -2.03. The van der Waals surface area contributed by atoms with Crippen LogP contribution in [0, 0.1) is 0 Å². The number of unbranched alkanes of at least 4 members (excludes halogenated alkanes) is 2. The van der Waals surface area contributed by atoms with Crippen LogP contribution in [0.25, 0.3) is 0 Å². The van der Waals surface area contributed by atoms with Crippen molar-refractivity contribution >= 4 is 34.1 Å². The summed E-state index contributed by atoms with van der Waals surface area (Å²) < 4.78 is 9.58. The highest BCUT2D eigenvalue weighted by atomic mass is 32.1. The normalized spacial score (nSPS) is 10.3. The van der Waals surface area contributed by atoms with Gasteiger partial charge in [0, 0.05) is 13.0 Å². The number of rotatable bonds is 9. The number of hydrogen-bond acceptors (Lipinski definition) is 6. The molecule has 2 amide bonds. The zero-order chi connectivity index (χ0) is 18.1. The Morgan fingerprint density at radius 2 is 1.96 bits per heavy atom. The first kappa shape index (κ1) is 18.7. The maximum atomic E-state index is 12.1. The second-order valence-electron chi connectivity index (χ2n) is 5.24. The molecule has 0 aromatic carbocycles. The predicted molar refractivity (Wildman–Crippen MR) is 93.8 cm³/mol. The van der Waals surface area contributed by atoms with E-state index in [1.54, 1.807) is 24.3 Å². The van der Waals surface area contributed by atoms with Gasteiger partial charge in [0.15, 0.2) is 5.76 Å². The molecule has 134 valence electrons. The van der Waals surface area contributed by atoms with E-state index in [1.807, 2.05) is 0 Å². The van der Waals surface area contributed by atoms with E-state index in [-0.39, 0.29) is 23.5 Å². The number of carbonyl (C=O) groups excluding carboxylic acids is 3. The first-order valence-electron chi connectivity index (χ1n) is 7.90. The van der Waals surface area contributed by atoms with Gasteiger partial charge in [-0.2, -0.15) is 0 Å². The summed E-state index contributed by atoms with van der Waals surface area (Å²) in [4.78, 5) is 35.4. The second kappa shape index (κ2) is 9.63. The Morgan fingerprint density at radius 3 is 2.68 bits per heavy atom. The average molecular weight is 364 g/mol. The molecule has 0 aliphatic rings. The van der Waals surface area contributed by atoms with Crippen molar-refractivity contribution in [3.05, 3.63) is 41.2 Å². The van der Waals surface area contributed by atoms with Gasteiger partial charge in [0.1, 0.15) is 0 Å². The Bertz CT molecular complexity index is 708. The maximum absolute atomic E-state index is 12.1. The lowest BCUT2D eigenvalue weighted by molar-refractivity contribution is -0.140. The first-order chi connectivity index (χ1) is 12.1. The lowest BCUT2D eigenvalue weighted by Crippen LogP contribution is -2.23. The van der Waals surface area contributed by atoms with Crippen LogP contribution in [0.4, 0.5) is 5.00 Å². The number of amides is 2. The minimum Gasteiger partial charge on any atom is -0.469 e. The Kier molecular flexibility index (Phi) is 7.21. The number of hydrogen-bond donors (Lipinski definition) is 2. The largest absolute Gasteiger partial charge is 0.469 e. The van der Waals surface area contributed by atoms with Crippen molar-refractivity contribution in [1.29, 1.82) is 0 Å². The fourth-order valence-electron chi connectivity index (χ4n) is 2.07. The molecule has 0 spiro atoms. The molecule has 2 N–H and O–H groups in total. The Labute approximate surface area is 149 Å². The fourth-order valence-corrected chi connectivity index (χ4v) is 2.89. The van der Waals surface area contributed by atoms with Gasteiger partial charge in [0.25, 0.3) is 11.8 Å². The molecule has 0 atom stereocenters. The number of carbonyl (C=O) groups is 3. The number of ether oxygens (including phenoxy) is 1. The molecule has 0 saturated carbocycles. The molecule has 0 bridgehead atoms. The number of esters is 1. The van der Waals surface area contributed by atoms with E-state index in [1.165, 1.54) is 24.7 Å². The standard InChI is InChI=1S/C17H20N2O5S/c1-23-15(20)7-3-2-4-10-18-17(22)13-8-9-14(25-13)19-16(21)12-6-5-11-24-12/h5-6,8-9,11H,2-4,7,10H2,1H3,(H,18,22)(H,19,21). The van der Waals surface area contributed by atoms with E-state index < -0.39 is 0 Å². The Hall–Kier alpha value is -2.61. The molecular weight excluding hydrogens is 344 g/mol. The third-order valence-corrected chi connectivity index (χ3v) is 4.38. The molecule has 0 aliphatic carbocycles. The highest BCUT2D eigenvalue weighted by molar-refractivity contribution is 7.18. The van der Waals surface area contributed by atoms with Crippen molar-refractivity contribution in [1.82, 2.24) is 5.32 Å². The van der Waals surface area contributed by atoms with Crippen molar-refractivity contribution in [3.63, 3.8) is 0 Å². The minimum atomic E-state index is -0.357. The van der Waals surface area contributed by atoms with E-state index in [4.69, 9.17) is 4.42 Å². The molecule has 0 unspecified atom stereocenters. The monoisotopic (exact) mass is 364 g/mol. The second-order valence-corrected chi connectivity index (χ2v) is 6.32. The van der Waals surface area contributed by atoms with Gasteiger partial charge < -0.3 is 19.8 Å². The van der Waals surface area contributed by atoms with Crippen LogP contribution in [-0.2, 0) is 9.53 Å². The van der Waals surface area contributed by atoms with Gasteiger partial charge >= 0.3 is 5.97 Å². The van der Waals surface area contributed by atoms with Crippen LogP contribution in [0.5, 0.6) is 0 Å². The lowest BCUT2D eigenvalue weighted by atomic mass is 10.2. The van der Waals surface area contributed by atoms with Gasteiger partial charge in [-0.1, -0.05) is 6.42 Å². The molecule has 2 rings (SSSR count). The van der Waals surface area contributed by atoms with E-state index >= 15 is 0 Å². The average Bonchev–Trinajstić information content (AvgIpc) is 3.29. The molecule has 2 aromatic heterocycles. The molecule has 0 saturated heterocycles. The summed E-state index contributed by atoms with van der Waals surface area (Å²) in [6.07, 6.45) is 4.19. The van der Waals surface area contributed by atoms with Gasteiger partial charge in [-0.25, -0.2) is 0 Å². The summed E-state index contributed by atoms with van der Waals surface area (Å²) in [5.41, 5.74) is 0. The predicted octanol–water partition coefficient (Wildman–Crippen LogP) is 3.06. The van der Waals surface area contributed by atoms with Crippen molar-refractivity contribution in [3.8, 4) is 0 Å². The van der Waals surface area contributed by atoms with E-state index in [0.29, 0.717) is 22.8 Å². The minimum absolute atomic E-state index is 0.184. The summed E-state index contributed by atoms with van der Waals surface area (Å²) in [6.45, 7) is 0.534. The first-order valence-corrected chi connectivity index (χ1v) is 8.71. The molecule has 0 radical (unpaired) electrons. The van der Waals surface area contributed by atoms with Gasteiger partial charge in [0.2, 0.25) is 0 Å². The molecular formula is C17H20N2O5S. The van der Waals surface area contributed by atoms with Crippen LogP contribution >= 0.6 is 11.3 Å². The number of furan rings is 1. The fraction of sp³-hybridized carbons (Fsp3) is 0.353. The van der Waals surface area contributed by atoms with Crippen LogP contribution in [-0.4, -0.2) is 31.4 Å². The van der Waals surface area contributed by atoms with Crippen molar-refractivity contribution < 1.29 is 23.5 Å². The van der Waals surface area contributed by atoms with E-state index in [9.17, 15) is 14.4 Å². The van der Waals surface area contributed by atoms with Crippen molar-refractivity contribution in [2.75, 3.05) is 19.0 Å². The molecule has 0 fully saturated rings. The number of methoxy groups -OCH3 is 1. The number of thiophene rings is 1. The SMILES string of the molecule is COC(=O)CCCCCNC(=O)c1ccc(NC(=O)c2ccco2)s1. The van der Waals surface area contributed by atoms with Crippen LogP contribution in [0.3, 0.4) is 0 Å². The van der Waals surface area contributed by atoms with Gasteiger partial charge in [0.05, 0.1) is 23.3 Å². The van der Waals surface area contributed by atoms with Crippen LogP contribution < -0.4 is 10.6 Å². The Morgan fingerprint density at radius 1 is 1.12 bits per heavy atom. The van der Waals surface area contributed by atoms with Crippen molar-refractivity contribution in [2.45, 2.75) is 25.7 Å². The van der Waals surface area contributed by atoms with Crippen molar-refractivity contribution in [2.24, 2.45) is 0 Å². The van der Waals surface area contributed by atoms with Gasteiger partial charge in [-0.05, 0) is 37.1 Å². The topological polar surface area (TPSA) is 97.6 Å². The molecule has 2 aromatic rings. The molecule has 25 heavy (non-hydrogen) atoms. The molecule has 8 heteroatoms. The highest BCUT2D eigenvalue weighted by Gasteiger charge is 2.13. The maximum Gasteiger partial charge on any atom is 0.305 e. The van der Waals surface area contributed by atoms with E-state index in [0.717, 1.165) is 19.3 Å². The quantitative estimate of drug-likeness (QED) is 0.526. The summed E-state index contributed by atoms with van der Waals surface area (Å²) in [7, 11) is 1.37. The van der Waals surface area contributed by atoms with Crippen LogP contribution in [0.1, 0.15) is 45.9 Å². The highest BCUT2D eigenvalue weighted by Crippen LogP contribution is 2.22. The van der Waals surface area contributed by atoms with E-state index in [2.05, 4.69) is 15.4 Å². The third-order valence-electron chi connectivity index (χ3n) is 3.38. The number of anilines is 1. The molecule has 2 heterocycles. The third kappa shape index (κ3) is 6.07. The summed E-state index contributed by atoms with van der Waals surface area (Å²) in [5.74, 6) is -0.543. The Balaban J connectivity index is 1.69. The molecule has 7 nitrogen and oxygen atoms in total. The summed E-state index contributed by atoms with van der Waals surface area (Å²) in [6, 6.07) is 6.54. The summed E-state index contributed by atoms with van der Waals surface area (Å²) in [5, 5.41) is 6.07. The number of nitrogens with one attached hydrogen (secondary N) is 2. The summed E-state index contributed by atoms with van der Waals surface area (Å²) >= 11 is 1.19. The smallest absolute Gasteiger partial charge is 0.305 e. The van der Waals surface area contributed by atoms with Crippen LogP contribution in [0.15, 0.2) is 34.9 Å². The molecule has 0 aliphatic heterocycles.